The zero-order chi connectivity index (χ0) is 18.0. The Bertz CT molecular complexity index is 666. The molecule has 0 saturated heterocycles. The van der Waals surface area contributed by atoms with Crippen molar-refractivity contribution in [2.24, 2.45) is 35.5 Å². The third-order valence-corrected chi connectivity index (χ3v) is 10.7. The van der Waals surface area contributed by atoms with Crippen molar-refractivity contribution >= 4 is 81.5 Å². The van der Waals surface area contributed by atoms with Gasteiger partial charge in [0.05, 0.1) is 21.9 Å². The first kappa shape index (κ1) is 17.8. The van der Waals surface area contributed by atoms with E-state index in [1.165, 1.54) is 0 Å². The molecular weight excluding hydrogens is 445 g/mol. The van der Waals surface area contributed by atoms with E-state index in [0.717, 1.165) is 0 Å². The molecule has 0 radical (unpaired) electrons. The van der Waals surface area contributed by atoms with E-state index in [-0.39, 0.29) is 10.1 Å². The first-order valence-corrected chi connectivity index (χ1v) is 9.48. The number of allylic oxidation sites excluding steroid dienone is 2. The van der Waals surface area contributed by atoms with E-state index in [0.29, 0.717) is 6.42 Å². The van der Waals surface area contributed by atoms with Crippen molar-refractivity contribution in [1.29, 1.82) is 0 Å². The van der Waals surface area contributed by atoms with Crippen LogP contribution in [0.1, 0.15) is 6.42 Å². The number of hydrogen-bond acceptors (Lipinski definition) is 2. The molecule has 0 unspecified atom stereocenters. The number of aliphatic carboxylic acids is 2. The molecule has 0 amide bonds. The van der Waals surface area contributed by atoms with Gasteiger partial charge < -0.3 is 10.2 Å². The van der Waals surface area contributed by atoms with Gasteiger partial charge in [-0.15, -0.1) is 23.2 Å². The second kappa shape index (κ2) is 4.82. The summed E-state index contributed by atoms with van der Waals surface area (Å²) < 4.78 is -1.76. The number of rotatable bonds is 2. The Labute approximate surface area is 167 Å². The summed E-state index contributed by atoms with van der Waals surface area (Å²) in [6.45, 7) is 0. The molecule has 2 N–H and O–H groups in total. The molecule has 0 aromatic carbocycles. The average molecular weight is 455 g/mol. The molecule has 0 aromatic rings. The molecule has 3 fully saturated rings. The zero-order valence-corrected chi connectivity index (χ0v) is 16.2. The van der Waals surface area contributed by atoms with Crippen molar-refractivity contribution in [3.05, 3.63) is 10.1 Å². The van der Waals surface area contributed by atoms with E-state index in [1.807, 2.05) is 0 Å². The minimum Gasteiger partial charge on any atom is -0.481 e. The Morgan fingerprint density at radius 3 is 1.46 bits per heavy atom. The molecule has 0 aliphatic heterocycles. The van der Waals surface area contributed by atoms with E-state index in [9.17, 15) is 19.8 Å². The standard InChI is InChI=1S/C14H10Cl6O4/c15-8-9(16)13(18)7-3-1-2(4(10(21)22)5(3)11(23)24)6(7)12(8,17)14(13,19)20/h2-7H,1H2,(H,21,22)(H,23,24)/t2-,3-,4-,5-,6-,7-,12+,13+/m1/s1. The van der Waals surface area contributed by atoms with Crippen molar-refractivity contribution in [2.45, 2.75) is 20.5 Å². The normalized spacial score (nSPS) is 53.6. The smallest absolute Gasteiger partial charge is 0.307 e. The Kier molecular flexibility index (Phi) is 3.58. The fraction of sp³-hybridized carbons (Fsp3) is 0.714. The number of carboxylic acid groups (broad SMARTS) is 2. The molecule has 8 atom stereocenters. The lowest BCUT2D eigenvalue weighted by molar-refractivity contribution is -0.158. The van der Waals surface area contributed by atoms with Gasteiger partial charge in [-0.05, 0) is 30.1 Å². The molecule has 4 aliphatic rings. The number of hydrogen-bond donors (Lipinski definition) is 2. The van der Waals surface area contributed by atoms with Crippen LogP contribution in [0.5, 0.6) is 0 Å². The van der Waals surface area contributed by atoms with Gasteiger partial charge in [0, 0.05) is 0 Å². The van der Waals surface area contributed by atoms with Crippen LogP contribution in [0.3, 0.4) is 0 Å². The first-order chi connectivity index (χ1) is 10.9. The Hall–Kier alpha value is 0.420. The van der Waals surface area contributed by atoms with Gasteiger partial charge in [0.25, 0.3) is 0 Å². The summed E-state index contributed by atoms with van der Waals surface area (Å²) in [6, 6.07) is 0. The highest BCUT2D eigenvalue weighted by Gasteiger charge is 2.88. The molecule has 0 heterocycles. The summed E-state index contributed by atoms with van der Waals surface area (Å²) in [7, 11) is 0. The number of alkyl halides is 4. The second-order valence-corrected chi connectivity index (χ2v) is 10.2. The van der Waals surface area contributed by atoms with Crippen molar-refractivity contribution in [2.75, 3.05) is 0 Å². The first-order valence-electron chi connectivity index (χ1n) is 7.21. The second-order valence-electron chi connectivity index (χ2n) is 6.97. The molecule has 4 bridgehead atoms. The van der Waals surface area contributed by atoms with Crippen LogP contribution in [0.4, 0.5) is 0 Å². The van der Waals surface area contributed by atoms with Gasteiger partial charge >= 0.3 is 11.9 Å². The van der Waals surface area contributed by atoms with E-state index < -0.39 is 61.5 Å². The molecule has 132 valence electrons. The molecule has 3 saturated carbocycles. The van der Waals surface area contributed by atoms with E-state index in [4.69, 9.17) is 69.6 Å². The molecule has 4 rings (SSSR count). The molecule has 10 heteroatoms. The van der Waals surface area contributed by atoms with Gasteiger partial charge in [0.1, 0.15) is 9.75 Å². The minimum atomic E-state index is -1.76. The average Bonchev–Trinajstić information content (AvgIpc) is 3.11. The van der Waals surface area contributed by atoms with Crippen molar-refractivity contribution < 1.29 is 19.8 Å². The third-order valence-electron chi connectivity index (χ3n) is 6.40. The monoisotopic (exact) mass is 452 g/mol. The van der Waals surface area contributed by atoms with Crippen LogP contribution < -0.4 is 0 Å². The van der Waals surface area contributed by atoms with Crippen molar-refractivity contribution in [3.8, 4) is 0 Å². The number of carboxylic acids is 2. The summed E-state index contributed by atoms with van der Waals surface area (Å²) in [5.41, 5.74) is 0. The van der Waals surface area contributed by atoms with Crippen molar-refractivity contribution in [1.82, 2.24) is 0 Å². The van der Waals surface area contributed by atoms with Gasteiger partial charge in [-0.2, -0.15) is 0 Å². The minimum absolute atomic E-state index is 0.0237. The van der Waals surface area contributed by atoms with Crippen molar-refractivity contribution in [3.63, 3.8) is 0 Å². The van der Waals surface area contributed by atoms with Crippen LogP contribution >= 0.6 is 69.6 Å². The van der Waals surface area contributed by atoms with Crippen LogP contribution in [0.25, 0.3) is 0 Å². The predicted octanol–water partition coefficient (Wildman–Crippen LogP) is 4.12. The maximum Gasteiger partial charge on any atom is 0.307 e. The quantitative estimate of drug-likeness (QED) is 0.486. The summed E-state index contributed by atoms with van der Waals surface area (Å²) in [5, 5.41) is 19.2. The largest absolute Gasteiger partial charge is 0.481 e. The van der Waals surface area contributed by atoms with E-state index in [2.05, 4.69) is 0 Å². The molecule has 4 nitrogen and oxygen atoms in total. The topological polar surface area (TPSA) is 74.6 Å². The van der Waals surface area contributed by atoms with Crippen LogP contribution in [0.15, 0.2) is 10.1 Å². The number of halogens is 6. The Morgan fingerprint density at radius 2 is 1.17 bits per heavy atom. The molecule has 0 spiro atoms. The summed E-state index contributed by atoms with van der Waals surface area (Å²) in [4.78, 5) is 20.4. The summed E-state index contributed by atoms with van der Waals surface area (Å²) >= 11 is 39.1. The highest BCUT2D eigenvalue weighted by molar-refractivity contribution is 6.65. The van der Waals surface area contributed by atoms with Gasteiger partial charge in [-0.1, -0.05) is 46.4 Å². The lowest BCUT2D eigenvalue weighted by Gasteiger charge is -2.43. The van der Waals surface area contributed by atoms with Gasteiger partial charge in [-0.25, -0.2) is 0 Å². The lowest BCUT2D eigenvalue weighted by atomic mass is 9.64. The number of fused-ring (bicyclic) bond motifs is 9. The van der Waals surface area contributed by atoms with E-state index in [1.54, 1.807) is 0 Å². The molecule has 24 heavy (non-hydrogen) atoms. The number of carbonyl (C=O) groups is 2. The molecule has 0 aromatic heterocycles. The third kappa shape index (κ3) is 1.51. The lowest BCUT2D eigenvalue weighted by Crippen LogP contribution is -2.49. The predicted molar refractivity (Wildman–Crippen MR) is 91.2 cm³/mol. The van der Waals surface area contributed by atoms with Gasteiger partial charge in [0.2, 0.25) is 0 Å². The summed E-state index contributed by atoms with van der Waals surface area (Å²) in [6.07, 6.45) is 0.365. The highest BCUT2D eigenvalue weighted by Crippen LogP contribution is 2.83. The van der Waals surface area contributed by atoms with Gasteiger partial charge in [0.15, 0.2) is 4.33 Å². The highest BCUT2D eigenvalue weighted by atomic mass is 35.5. The maximum absolute atomic E-state index is 11.7. The molecule has 4 aliphatic carbocycles. The maximum atomic E-state index is 11.7. The molecular formula is C14H10Cl6O4. The van der Waals surface area contributed by atoms with Gasteiger partial charge in [-0.3, -0.25) is 9.59 Å². The van der Waals surface area contributed by atoms with Crippen LogP contribution in [0, 0.1) is 35.5 Å². The van der Waals surface area contributed by atoms with E-state index >= 15 is 0 Å². The van der Waals surface area contributed by atoms with Crippen LogP contribution in [-0.2, 0) is 9.59 Å². The van der Waals surface area contributed by atoms with Crippen LogP contribution in [-0.4, -0.2) is 36.2 Å². The summed E-state index contributed by atoms with van der Waals surface area (Å²) in [5.74, 6) is -6.71. The Morgan fingerprint density at radius 1 is 0.833 bits per heavy atom. The SMILES string of the molecule is O=C(O)[C@@H]1[C@H]2C[C@H]([C@H]1C(=O)O)[C@@H]1[C@@H]2[C@]2(Cl)C(Cl)=C(Cl)[C@]1(Cl)C2(Cl)Cl. The zero-order valence-electron chi connectivity index (χ0n) is 11.6. The fourth-order valence-corrected chi connectivity index (χ4v) is 8.88. The Balaban J connectivity index is 1.94. The van der Waals surface area contributed by atoms with Crippen LogP contribution in [0.2, 0.25) is 0 Å². The fourth-order valence-electron chi connectivity index (χ4n) is 5.74.